The Hall–Kier alpha value is -1.57. The van der Waals surface area contributed by atoms with Gasteiger partial charge in [0.15, 0.2) is 5.69 Å². The number of hydrogen-bond acceptors (Lipinski definition) is 5. The molecule has 0 spiro atoms. The summed E-state index contributed by atoms with van der Waals surface area (Å²) in [5.74, 6) is -0.974. The molecule has 0 N–H and O–H groups in total. The molecule has 0 amide bonds. The minimum Gasteiger partial charge on any atom is -0.545 e. The van der Waals surface area contributed by atoms with Crippen molar-refractivity contribution in [3.63, 3.8) is 0 Å². The minimum absolute atomic E-state index is 0.0210. The highest BCUT2D eigenvalue weighted by molar-refractivity contribution is 8.14. The molecular weight excluding hydrogens is 317 g/mol. The third-order valence-electron chi connectivity index (χ3n) is 3.09. The molecular formula is C14H14F3N2O2S-. The fourth-order valence-electron chi connectivity index (χ4n) is 2.28. The number of aromatic nitrogens is 1. The number of rotatable bonds is 4. The van der Waals surface area contributed by atoms with Crippen molar-refractivity contribution in [3.05, 3.63) is 28.6 Å². The van der Waals surface area contributed by atoms with E-state index >= 15 is 0 Å². The number of halogens is 3. The van der Waals surface area contributed by atoms with Gasteiger partial charge >= 0.3 is 6.18 Å². The van der Waals surface area contributed by atoms with Crippen molar-refractivity contribution >= 4 is 22.8 Å². The van der Waals surface area contributed by atoms with Crippen LogP contribution in [-0.4, -0.2) is 28.3 Å². The predicted molar refractivity (Wildman–Crippen MR) is 76.0 cm³/mol. The Kier molecular flexibility index (Phi) is 4.79. The molecule has 1 aromatic rings. The van der Waals surface area contributed by atoms with Gasteiger partial charge in [0.2, 0.25) is 0 Å². The molecule has 0 aliphatic carbocycles. The van der Waals surface area contributed by atoms with E-state index < -0.39 is 17.8 Å². The van der Waals surface area contributed by atoms with E-state index in [4.69, 9.17) is 0 Å². The number of alkyl halides is 3. The van der Waals surface area contributed by atoms with Gasteiger partial charge in [0.05, 0.1) is 5.97 Å². The number of hydrogen-bond donors (Lipinski definition) is 0. The first-order valence-electron chi connectivity index (χ1n) is 6.69. The molecule has 0 bridgehead atoms. The number of thioether (sulfide) groups is 1. The van der Waals surface area contributed by atoms with Gasteiger partial charge in [-0.2, -0.15) is 13.2 Å². The number of pyridine rings is 1. The lowest BCUT2D eigenvalue weighted by molar-refractivity contribution is -0.255. The van der Waals surface area contributed by atoms with E-state index in [0.29, 0.717) is 12.3 Å². The van der Waals surface area contributed by atoms with Crippen LogP contribution >= 0.6 is 11.8 Å². The maximum atomic E-state index is 13.3. The van der Waals surface area contributed by atoms with E-state index in [1.54, 1.807) is 13.8 Å². The average Bonchev–Trinajstić information content (AvgIpc) is 2.89. The molecule has 2 heterocycles. The van der Waals surface area contributed by atoms with Gasteiger partial charge in [-0.3, -0.25) is 9.98 Å². The zero-order chi connectivity index (χ0) is 16.5. The van der Waals surface area contributed by atoms with Crippen molar-refractivity contribution in [2.24, 2.45) is 10.9 Å². The van der Waals surface area contributed by atoms with E-state index in [9.17, 15) is 23.1 Å². The smallest absolute Gasteiger partial charge is 0.434 e. The SMILES string of the molecule is CC(C)Cc1c(C(=O)[O-])cnc(C(F)(F)F)c1C1=NCCS1. The van der Waals surface area contributed by atoms with Gasteiger partial charge in [0.1, 0.15) is 5.04 Å². The molecule has 120 valence electrons. The number of nitrogens with zero attached hydrogens (tertiary/aromatic N) is 2. The Morgan fingerprint density at radius 3 is 2.59 bits per heavy atom. The van der Waals surface area contributed by atoms with Crippen molar-refractivity contribution in [1.82, 2.24) is 4.98 Å². The Balaban J connectivity index is 2.75. The zero-order valence-electron chi connectivity index (χ0n) is 12.0. The molecule has 0 aromatic carbocycles. The maximum absolute atomic E-state index is 13.3. The van der Waals surface area contributed by atoms with Crippen LogP contribution in [-0.2, 0) is 12.6 Å². The van der Waals surface area contributed by atoms with Crippen molar-refractivity contribution in [2.45, 2.75) is 26.4 Å². The molecule has 0 atom stereocenters. The highest BCUT2D eigenvalue weighted by atomic mass is 32.2. The first-order valence-corrected chi connectivity index (χ1v) is 7.68. The molecule has 0 unspecified atom stereocenters. The first kappa shape index (κ1) is 16.8. The van der Waals surface area contributed by atoms with Gasteiger partial charge in [-0.25, -0.2) is 0 Å². The number of aliphatic imine (C=N–C) groups is 1. The van der Waals surface area contributed by atoms with Gasteiger partial charge in [-0.05, 0) is 17.9 Å². The van der Waals surface area contributed by atoms with E-state index in [0.717, 1.165) is 6.20 Å². The van der Waals surface area contributed by atoms with E-state index in [-0.39, 0.29) is 34.1 Å². The second-order valence-corrected chi connectivity index (χ2v) is 6.38. The van der Waals surface area contributed by atoms with Gasteiger partial charge < -0.3 is 9.90 Å². The van der Waals surface area contributed by atoms with Gasteiger partial charge in [-0.15, -0.1) is 11.8 Å². The quantitative estimate of drug-likeness (QED) is 0.848. The molecule has 22 heavy (non-hydrogen) atoms. The predicted octanol–water partition coefficient (Wildman–Crippen LogP) is 2.16. The first-order chi connectivity index (χ1) is 10.2. The van der Waals surface area contributed by atoms with E-state index in [1.165, 1.54) is 11.8 Å². The maximum Gasteiger partial charge on any atom is 0.434 e. The number of carbonyl (C=O) groups is 1. The second-order valence-electron chi connectivity index (χ2n) is 5.29. The summed E-state index contributed by atoms with van der Waals surface area (Å²) in [5, 5.41) is 11.5. The summed E-state index contributed by atoms with van der Waals surface area (Å²) in [5.41, 5.74) is -1.48. The molecule has 2 rings (SSSR count). The van der Waals surface area contributed by atoms with Crippen LogP contribution in [0.4, 0.5) is 13.2 Å². The number of aromatic carboxylic acids is 1. The molecule has 4 nitrogen and oxygen atoms in total. The number of carboxylic acids is 1. The summed E-state index contributed by atoms with van der Waals surface area (Å²) < 4.78 is 39.8. The lowest BCUT2D eigenvalue weighted by atomic mass is 9.93. The lowest BCUT2D eigenvalue weighted by Crippen LogP contribution is -2.27. The highest BCUT2D eigenvalue weighted by Crippen LogP contribution is 2.36. The van der Waals surface area contributed by atoms with Crippen LogP contribution in [0.1, 0.15) is 41.0 Å². The summed E-state index contributed by atoms with van der Waals surface area (Å²) in [6.45, 7) is 4.02. The van der Waals surface area contributed by atoms with Crippen molar-refractivity contribution < 1.29 is 23.1 Å². The van der Waals surface area contributed by atoms with Crippen LogP contribution in [0.25, 0.3) is 0 Å². The fourth-order valence-corrected chi connectivity index (χ4v) is 3.20. The van der Waals surface area contributed by atoms with Crippen LogP contribution in [0.5, 0.6) is 0 Å². The summed E-state index contributed by atoms with van der Waals surface area (Å²) in [7, 11) is 0. The summed E-state index contributed by atoms with van der Waals surface area (Å²) in [6, 6.07) is 0. The molecule has 1 aromatic heterocycles. The van der Waals surface area contributed by atoms with Gasteiger partial charge in [0, 0.05) is 29.6 Å². The van der Waals surface area contributed by atoms with Crippen LogP contribution in [0.3, 0.4) is 0 Å². The van der Waals surface area contributed by atoms with Crippen LogP contribution in [0.2, 0.25) is 0 Å². The zero-order valence-corrected chi connectivity index (χ0v) is 12.8. The lowest BCUT2D eigenvalue weighted by Gasteiger charge is -2.20. The Morgan fingerprint density at radius 1 is 1.45 bits per heavy atom. The van der Waals surface area contributed by atoms with Crippen LogP contribution < -0.4 is 5.11 Å². The largest absolute Gasteiger partial charge is 0.545 e. The van der Waals surface area contributed by atoms with Gasteiger partial charge in [0.25, 0.3) is 0 Å². The van der Waals surface area contributed by atoms with Crippen molar-refractivity contribution in [2.75, 3.05) is 12.3 Å². The highest BCUT2D eigenvalue weighted by Gasteiger charge is 2.39. The van der Waals surface area contributed by atoms with Gasteiger partial charge in [-0.1, -0.05) is 13.8 Å². The monoisotopic (exact) mass is 331 g/mol. The Morgan fingerprint density at radius 2 is 2.14 bits per heavy atom. The molecule has 1 aliphatic heterocycles. The summed E-state index contributed by atoms with van der Waals surface area (Å²) in [6.07, 6.45) is -3.75. The van der Waals surface area contributed by atoms with Crippen molar-refractivity contribution in [1.29, 1.82) is 0 Å². The molecule has 8 heteroatoms. The molecule has 0 saturated heterocycles. The second kappa shape index (κ2) is 6.28. The number of carboxylic acid groups (broad SMARTS) is 1. The van der Waals surface area contributed by atoms with Crippen LogP contribution in [0.15, 0.2) is 11.2 Å². The Labute approximate surface area is 129 Å². The molecule has 0 saturated carbocycles. The normalized spacial score (nSPS) is 15.3. The topological polar surface area (TPSA) is 65.4 Å². The molecule has 0 radical (unpaired) electrons. The number of carbonyl (C=O) groups excluding carboxylic acids is 1. The standard InChI is InChI=1S/C14H15F3N2O2S/c1-7(2)5-8-9(13(20)21)6-19-11(14(15,16)17)10(8)12-18-3-4-22-12/h6-7H,3-5H2,1-2H3,(H,20,21)/p-1. The molecule has 1 aliphatic rings. The molecule has 0 fully saturated rings. The van der Waals surface area contributed by atoms with Crippen molar-refractivity contribution in [3.8, 4) is 0 Å². The van der Waals surface area contributed by atoms with Crippen LogP contribution in [0, 0.1) is 5.92 Å². The fraction of sp³-hybridized carbons (Fsp3) is 0.500. The third kappa shape index (κ3) is 3.43. The Bertz CT molecular complexity index is 627. The summed E-state index contributed by atoms with van der Waals surface area (Å²) in [4.78, 5) is 18.7. The summed E-state index contributed by atoms with van der Waals surface area (Å²) >= 11 is 1.18. The third-order valence-corrected chi connectivity index (χ3v) is 4.08. The average molecular weight is 331 g/mol. The van der Waals surface area contributed by atoms with E-state index in [2.05, 4.69) is 9.98 Å². The minimum atomic E-state index is -4.67. The van der Waals surface area contributed by atoms with E-state index in [1.807, 2.05) is 0 Å².